The lowest BCUT2D eigenvalue weighted by Gasteiger charge is -2.13. The zero-order valence-electron chi connectivity index (χ0n) is 44.5. The topological polar surface area (TPSA) is 583 Å². The molecule has 2 heterocycles. The molecule has 0 saturated carbocycles. The van der Waals surface area contributed by atoms with Crippen LogP contribution in [-0.4, -0.2) is 140 Å². The van der Waals surface area contributed by atoms with Crippen LogP contribution in [0.2, 0.25) is 0 Å². The van der Waals surface area contributed by atoms with Crippen molar-refractivity contribution < 1.29 is 118 Å². The highest BCUT2D eigenvalue weighted by Crippen LogP contribution is 2.46. The number of aryl methyl sites for hydroxylation is 1. The summed E-state index contributed by atoms with van der Waals surface area (Å²) in [7, 11) is -36.8. The Morgan fingerprint density at radius 2 is 1.10 bits per heavy atom. The minimum atomic E-state index is -5.47. The lowest BCUT2D eigenvalue weighted by atomic mass is 10.1. The van der Waals surface area contributed by atoms with Gasteiger partial charge in [0.2, 0.25) is 11.0 Å². The second kappa shape index (κ2) is 26.9. The molecule has 9 rings (SSSR count). The van der Waals surface area contributed by atoms with Crippen LogP contribution < -0.4 is 4.74 Å². The van der Waals surface area contributed by atoms with Crippen molar-refractivity contribution in [1.29, 1.82) is 0 Å². The van der Waals surface area contributed by atoms with Gasteiger partial charge in [0.1, 0.15) is 48.1 Å². The Labute approximate surface area is 517 Å². The Balaban J connectivity index is 0.00000139. The van der Waals surface area contributed by atoms with Gasteiger partial charge in [-0.3, -0.25) is 27.3 Å². The van der Waals surface area contributed by atoms with Gasteiger partial charge in [-0.1, -0.05) is 53.8 Å². The van der Waals surface area contributed by atoms with E-state index in [-0.39, 0.29) is 73.2 Å². The summed E-state index contributed by atoms with van der Waals surface area (Å²) in [5.41, 5.74) is -1.55. The maximum absolute atomic E-state index is 13.2. The van der Waals surface area contributed by atoms with Crippen molar-refractivity contribution in [2.75, 3.05) is 12.4 Å². The Morgan fingerprint density at radius 1 is 0.538 bits per heavy atom. The summed E-state index contributed by atoms with van der Waals surface area (Å²) >= 11 is 0.813. The van der Waals surface area contributed by atoms with E-state index in [2.05, 4.69) is 40.8 Å². The van der Waals surface area contributed by atoms with Crippen LogP contribution in [0, 0.1) is 6.92 Å². The average molecular weight is 1430 g/mol. The van der Waals surface area contributed by atoms with E-state index in [1.807, 2.05) is 0 Å². The molecular weight excluding hydrogens is 1400 g/mol. The number of rotatable bonds is 18. The average Bonchev–Trinajstić information content (AvgIpc) is 1.60. The third-order valence-electron chi connectivity index (χ3n) is 11.8. The van der Waals surface area contributed by atoms with Crippen molar-refractivity contribution in [3.8, 4) is 34.3 Å². The number of thiazole rings is 1. The van der Waals surface area contributed by atoms with Gasteiger partial charge in [0, 0.05) is 33.2 Å². The van der Waals surface area contributed by atoms with Gasteiger partial charge in [-0.2, -0.15) is 60.3 Å². The molecule has 0 aliphatic carbocycles. The molecule has 0 aliphatic heterocycles. The molecule has 7 aromatic carbocycles. The van der Waals surface area contributed by atoms with Crippen molar-refractivity contribution in [2.24, 2.45) is 30.7 Å². The summed E-state index contributed by atoms with van der Waals surface area (Å²) in [5.74, 6) is -2.49. The Hall–Kier alpha value is -8.94. The van der Waals surface area contributed by atoms with E-state index < -0.39 is 152 Å². The van der Waals surface area contributed by atoms with E-state index in [0.29, 0.717) is 28.4 Å². The number of nitrogens with zero attached hydrogens (tertiary/aromatic N) is 9. The molecule has 0 saturated heterocycles. The van der Waals surface area contributed by atoms with Crippen LogP contribution in [0.15, 0.2) is 164 Å². The smallest absolute Gasteiger partial charge is 0.425 e. The molecule has 0 atom stereocenters. The van der Waals surface area contributed by atoms with Gasteiger partial charge in [-0.15, -0.1) is 55.9 Å². The molecule has 480 valence electrons. The van der Waals surface area contributed by atoms with Crippen molar-refractivity contribution in [3.63, 3.8) is 0 Å². The number of azo groups is 3. The second-order valence-corrected chi connectivity index (χ2v) is 28.1. The number of aromatic nitrogens is 3. The number of phenolic OH excluding ortho intramolecular Hbond substituents is 1. The largest absolute Gasteiger partial charge is 0.505 e. The first kappa shape index (κ1) is 69.5. The molecule has 0 bridgehead atoms. The predicted octanol–water partition coefficient (Wildman–Crippen LogP) is 7.30. The lowest BCUT2D eigenvalue weighted by Crippen LogP contribution is -2.08. The molecule has 9 aromatic rings. The molecule has 8 N–H and O–H groups in total. The molecule has 0 radical (unpaired) electrons. The maximum atomic E-state index is 13.2. The summed E-state index contributed by atoms with van der Waals surface area (Å²) in [5, 5.41) is 50.0. The fourth-order valence-electron chi connectivity index (χ4n) is 8.14. The fourth-order valence-corrected chi connectivity index (χ4v) is 13.3. The van der Waals surface area contributed by atoms with E-state index in [1.165, 1.54) is 54.6 Å². The van der Waals surface area contributed by atoms with Crippen LogP contribution in [0.3, 0.4) is 0 Å². The Morgan fingerprint density at radius 3 is 1.69 bits per heavy atom. The monoisotopic (exact) mass is 1430 g/mol. The molecule has 36 nitrogen and oxygen atoms in total. The molecule has 0 unspecified atom stereocenters. The number of hydrogen-bond acceptors (Lipinski definition) is 30. The number of fused-ring (bicyclic) bond motifs is 3. The van der Waals surface area contributed by atoms with E-state index in [0.717, 1.165) is 41.7 Å². The number of hydrogen-bond donors (Lipinski definition) is 8. The van der Waals surface area contributed by atoms with Gasteiger partial charge in [-0.05, 0) is 79.6 Å². The van der Waals surface area contributed by atoms with Gasteiger partial charge in [0.25, 0.3) is 60.7 Å². The van der Waals surface area contributed by atoms with Gasteiger partial charge >= 0.3 is 21.2 Å². The van der Waals surface area contributed by atoms with Crippen LogP contribution >= 0.6 is 11.3 Å². The second-order valence-electron chi connectivity index (χ2n) is 17.8. The minimum absolute atomic E-state index is 0.00885. The molecule has 0 fully saturated rings. The summed E-state index contributed by atoms with van der Waals surface area (Å²) < 4.78 is 265. The normalized spacial score (nSPS) is 12.6. The molecule has 91 heavy (non-hydrogen) atoms. The SMILES string of the molecule is Cc1cc(N=Nc2ccc3c(S(=O)(=O)O)c(N=Nc4c(-c5ccccc5)nn(-c5cc(S(=O)(=O)O)c6cc(S(=O)(=O)O)cc(S(=O)(=O)O)c6c5)c4O)ccc3c2O)c(OCCCS(=O)(=O)O)cc1N=Nc1nc2cccc(S(=O)(=O)O)c2s1.O=S(=O)=O.O=S(=O)=O. The predicted molar refractivity (Wildman–Crippen MR) is 312 cm³/mol. The van der Waals surface area contributed by atoms with Crippen LogP contribution in [0.4, 0.5) is 33.6 Å². The molecule has 0 amide bonds. The fraction of sp³-hybridized carbons (Fsp3) is 0.0870. The summed E-state index contributed by atoms with van der Waals surface area (Å²) in [6, 6.07) is 20.8. The van der Waals surface area contributed by atoms with Crippen LogP contribution in [0.25, 0.3) is 48.7 Å². The minimum Gasteiger partial charge on any atom is -0.505 e. The lowest BCUT2D eigenvalue weighted by molar-refractivity contribution is 0.317. The van der Waals surface area contributed by atoms with E-state index in [9.17, 15) is 88.0 Å². The summed E-state index contributed by atoms with van der Waals surface area (Å²) in [4.78, 5) is -0.794. The van der Waals surface area contributed by atoms with Crippen molar-refractivity contribution >= 4 is 159 Å². The molecule has 2 aromatic heterocycles. The number of phenols is 1. The van der Waals surface area contributed by atoms with E-state index in [4.69, 9.17) is 30.0 Å². The summed E-state index contributed by atoms with van der Waals surface area (Å²) in [6.07, 6.45) is -0.203. The molecule has 0 aliphatic rings. The first-order valence-electron chi connectivity index (χ1n) is 23.7. The first-order valence-corrected chi connectivity index (χ1v) is 35.3. The third-order valence-corrected chi connectivity index (χ3v) is 18.1. The van der Waals surface area contributed by atoms with Crippen LogP contribution in [-0.2, 0) is 81.9 Å². The van der Waals surface area contributed by atoms with E-state index >= 15 is 0 Å². The Bertz CT molecular complexity index is 5500. The first-order chi connectivity index (χ1) is 42.1. The van der Waals surface area contributed by atoms with Gasteiger partial charge in [-0.25, -0.2) is 4.98 Å². The molecule has 0 spiro atoms. The molecular formula is C46H35N9O27S9. The van der Waals surface area contributed by atoms with Crippen LogP contribution in [0.5, 0.6) is 17.4 Å². The highest BCUT2D eigenvalue weighted by atomic mass is 32.2. The van der Waals surface area contributed by atoms with Crippen molar-refractivity contribution in [2.45, 2.75) is 37.8 Å². The van der Waals surface area contributed by atoms with Crippen molar-refractivity contribution in [1.82, 2.24) is 14.8 Å². The number of aromatic hydroxyl groups is 2. The van der Waals surface area contributed by atoms with Gasteiger partial charge in [0.15, 0.2) is 11.4 Å². The maximum Gasteiger partial charge on any atom is 0.425 e. The number of benzene rings is 7. The Kier molecular flexibility index (Phi) is 20.5. The third kappa shape index (κ3) is 17.1. The summed E-state index contributed by atoms with van der Waals surface area (Å²) in [6.45, 7) is 1.27. The van der Waals surface area contributed by atoms with Crippen molar-refractivity contribution in [3.05, 3.63) is 115 Å². The zero-order chi connectivity index (χ0) is 67.5. The number of ether oxygens (including phenoxy) is 1. The quantitative estimate of drug-likeness (QED) is 0.0237. The van der Waals surface area contributed by atoms with Crippen LogP contribution in [0.1, 0.15) is 12.0 Å². The van der Waals surface area contributed by atoms with Gasteiger partial charge < -0.3 is 14.9 Å². The highest BCUT2D eigenvalue weighted by Gasteiger charge is 2.29. The standard InChI is InChI=1S/C46H35N9O21S7.2O3S/c1-23-17-35(36(76-15-6-16-78(58,59)60)22-34(23)50-53-46-47-32-9-5-10-37(43(32)77-46)80(64,65)66)51-48-31-13-12-28-27(42(31)56)11-14-33(44(28)83(73,74)75)49-52-41-40(24-7-3-2-4-8-24)54-55(45(41)57)25-18-29-30(38(19-25)81(67,68)69)20-26(79(61,62)63)21-39(29)82(70,71)72;2*1-4(2)3/h2-5,7-14,17-22,56-57H,6,15-16H2,1H3,(H,58,59,60)(H,61,62,63)(H,64,65,66)(H,67,68,69)(H,70,71,72)(H,73,74,75);;. The van der Waals surface area contributed by atoms with Gasteiger partial charge in [0.05, 0.1) is 38.8 Å². The molecule has 45 heteroatoms. The zero-order valence-corrected chi connectivity index (χ0v) is 51.9. The highest BCUT2D eigenvalue weighted by molar-refractivity contribution is 7.87. The van der Waals surface area contributed by atoms with E-state index in [1.54, 1.807) is 13.0 Å².